The van der Waals surface area contributed by atoms with Crippen molar-refractivity contribution in [3.63, 3.8) is 0 Å². The number of carbonyl (C=O) groups excluding carboxylic acids is 6. The Hall–Kier alpha value is -5.28. The van der Waals surface area contributed by atoms with E-state index in [1.807, 2.05) is 103 Å². The summed E-state index contributed by atoms with van der Waals surface area (Å²) in [6.45, 7) is 19.0. The second kappa shape index (κ2) is 26.5. The van der Waals surface area contributed by atoms with Crippen LogP contribution >= 0.6 is 0 Å². The van der Waals surface area contributed by atoms with Crippen LogP contribution in [0.25, 0.3) is 6.08 Å². The molecule has 1 saturated heterocycles. The number of benzene rings is 2. The number of amides is 5. The zero-order chi connectivity index (χ0) is 51.0. The molecule has 2 N–H and O–H groups in total. The molecule has 0 spiro atoms. The molecule has 1 heterocycles. The van der Waals surface area contributed by atoms with Gasteiger partial charge in [-0.2, -0.15) is 0 Å². The van der Waals surface area contributed by atoms with Gasteiger partial charge >= 0.3 is 12.1 Å². The molecule has 9 atom stereocenters. The number of rotatable bonds is 23. The SMILES string of the molecule is CC[C@H](C)[C@@H]([C@@H](CC(=O)N1CCC[C@H]1[C@H](OC)[C@@H](C)C(=O)N[C@H](/C=C/c1ccc(C(=O)OC)cc1)Cc1ccccc1)OC)N(C)C(=O)[C@@H](NC(=O)[C@H](C(C)C)N(C)C(=O)OC(C)(C)C)C(C)C. The molecule has 378 valence electrons. The van der Waals surface area contributed by atoms with Gasteiger partial charge in [0.25, 0.3) is 0 Å². The minimum absolute atomic E-state index is 0.0317. The van der Waals surface area contributed by atoms with Crippen LogP contribution in [0.4, 0.5) is 4.79 Å². The Kier molecular flexibility index (Phi) is 22.2. The Labute approximate surface area is 406 Å². The van der Waals surface area contributed by atoms with E-state index >= 15 is 0 Å². The lowest BCUT2D eigenvalue weighted by atomic mass is 9.89. The minimum atomic E-state index is -0.944. The van der Waals surface area contributed by atoms with Crippen LogP contribution in [-0.4, -0.2) is 140 Å². The van der Waals surface area contributed by atoms with E-state index in [1.54, 1.807) is 56.9 Å². The highest BCUT2D eigenvalue weighted by Crippen LogP contribution is 2.30. The van der Waals surface area contributed by atoms with Gasteiger partial charge in [-0.15, -0.1) is 0 Å². The number of likely N-dealkylation sites (tertiary alicyclic amines) is 1. The fourth-order valence-electron chi connectivity index (χ4n) is 9.08. The van der Waals surface area contributed by atoms with Crippen LogP contribution in [0.2, 0.25) is 0 Å². The van der Waals surface area contributed by atoms with E-state index in [2.05, 4.69) is 10.6 Å². The second-order valence-electron chi connectivity index (χ2n) is 19.9. The van der Waals surface area contributed by atoms with E-state index in [0.29, 0.717) is 31.4 Å². The molecule has 15 heteroatoms. The predicted molar refractivity (Wildman–Crippen MR) is 264 cm³/mol. The van der Waals surface area contributed by atoms with Crippen molar-refractivity contribution in [1.29, 1.82) is 0 Å². The summed E-state index contributed by atoms with van der Waals surface area (Å²) in [4.78, 5) is 86.9. The van der Waals surface area contributed by atoms with Crippen molar-refractivity contribution in [2.45, 2.75) is 149 Å². The number of hydrogen-bond acceptors (Lipinski definition) is 10. The molecule has 0 bridgehead atoms. The minimum Gasteiger partial charge on any atom is -0.465 e. The van der Waals surface area contributed by atoms with Gasteiger partial charge in [-0.25, -0.2) is 9.59 Å². The van der Waals surface area contributed by atoms with Gasteiger partial charge in [0.2, 0.25) is 23.6 Å². The molecule has 1 aliphatic rings. The van der Waals surface area contributed by atoms with Crippen molar-refractivity contribution >= 4 is 41.8 Å². The molecule has 0 radical (unpaired) electrons. The molecule has 0 aromatic heterocycles. The van der Waals surface area contributed by atoms with E-state index in [-0.39, 0.29) is 47.9 Å². The summed E-state index contributed by atoms with van der Waals surface area (Å²) < 4.78 is 22.6. The second-order valence-corrected chi connectivity index (χ2v) is 19.9. The zero-order valence-corrected chi connectivity index (χ0v) is 43.4. The summed E-state index contributed by atoms with van der Waals surface area (Å²) in [5.41, 5.74) is 1.56. The normalized spacial score (nSPS) is 17.7. The van der Waals surface area contributed by atoms with E-state index in [1.165, 1.54) is 26.2 Å². The summed E-state index contributed by atoms with van der Waals surface area (Å²) in [6.07, 6.45) is 4.40. The van der Waals surface area contributed by atoms with E-state index in [4.69, 9.17) is 18.9 Å². The average molecular weight is 948 g/mol. The van der Waals surface area contributed by atoms with Gasteiger partial charge in [-0.3, -0.25) is 24.1 Å². The highest BCUT2D eigenvalue weighted by Gasteiger charge is 2.44. The lowest BCUT2D eigenvalue weighted by Crippen LogP contribution is -2.60. The fourth-order valence-corrected chi connectivity index (χ4v) is 9.08. The van der Waals surface area contributed by atoms with Gasteiger partial charge in [0, 0.05) is 34.9 Å². The Morgan fingerprint density at radius 3 is 1.99 bits per heavy atom. The van der Waals surface area contributed by atoms with Crippen molar-refractivity contribution in [2.75, 3.05) is 42.0 Å². The first-order valence-electron chi connectivity index (χ1n) is 24.1. The Morgan fingerprint density at radius 2 is 1.46 bits per heavy atom. The number of esters is 1. The topological polar surface area (TPSA) is 173 Å². The number of ether oxygens (including phenoxy) is 4. The van der Waals surface area contributed by atoms with Crippen molar-refractivity contribution in [3.05, 3.63) is 77.4 Å². The first kappa shape index (κ1) is 57.0. The van der Waals surface area contributed by atoms with Crippen LogP contribution < -0.4 is 10.6 Å². The van der Waals surface area contributed by atoms with Crippen LogP contribution in [0.15, 0.2) is 60.7 Å². The molecule has 68 heavy (non-hydrogen) atoms. The van der Waals surface area contributed by atoms with Gasteiger partial charge in [0.15, 0.2) is 0 Å². The highest BCUT2D eigenvalue weighted by molar-refractivity contribution is 5.92. The monoisotopic (exact) mass is 948 g/mol. The summed E-state index contributed by atoms with van der Waals surface area (Å²) >= 11 is 0. The zero-order valence-electron chi connectivity index (χ0n) is 43.4. The fraction of sp³-hybridized carbons (Fsp3) is 0.623. The molecular formula is C53H81N5O10. The van der Waals surface area contributed by atoms with Crippen LogP contribution in [0.3, 0.4) is 0 Å². The molecule has 5 amide bonds. The molecule has 2 aromatic carbocycles. The summed E-state index contributed by atoms with van der Waals surface area (Å²) in [5, 5.41) is 6.18. The molecule has 0 saturated carbocycles. The quantitative estimate of drug-likeness (QED) is 0.109. The molecule has 0 aliphatic carbocycles. The number of hydrogen-bond donors (Lipinski definition) is 2. The lowest BCUT2D eigenvalue weighted by molar-refractivity contribution is -0.148. The number of nitrogens with zero attached hydrogens (tertiary/aromatic N) is 3. The molecule has 3 rings (SSSR count). The summed E-state index contributed by atoms with van der Waals surface area (Å²) in [5.74, 6) is -2.99. The third kappa shape index (κ3) is 15.9. The lowest BCUT2D eigenvalue weighted by Gasteiger charge is -2.41. The Morgan fingerprint density at radius 1 is 0.824 bits per heavy atom. The van der Waals surface area contributed by atoms with Crippen molar-refractivity contribution in [2.24, 2.45) is 23.7 Å². The van der Waals surface area contributed by atoms with E-state index in [0.717, 1.165) is 17.5 Å². The van der Waals surface area contributed by atoms with Crippen molar-refractivity contribution in [3.8, 4) is 0 Å². The largest absolute Gasteiger partial charge is 0.465 e. The van der Waals surface area contributed by atoms with Crippen LogP contribution in [0.1, 0.15) is 116 Å². The molecule has 2 aromatic rings. The van der Waals surface area contributed by atoms with Crippen LogP contribution in [-0.2, 0) is 44.5 Å². The third-order valence-electron chi connectivity index (χ3n) is 13.0. The molecule has 1 fully saturated rings. The van der Waals surface area contributed by atoms with Crippen LogP contribution in [0.5, 0.6) is 0 Å². The number of likely N-dealkylation sites (N-methyl/N-ethyl adjacent to an activating group) is 2. The average Bonchev–Trinajstić information content (AvgIpc) is 3.78. The maximum absolute atomic E-state index is 14.6. The van der Waals surface area contributed by atoms with E-state index < -0.39 is 65.9 Å². The van der Waals surface area contributed by atoms with Gasteiger partial charge in [0.05, 0.1) is 55.3 Å². The van der Waals surface area contributed by atoms with Crippen molar-refractivity contribution in [1.82, 2.24) is 25.3 Å². The maximum Gasteiger partial charge on any atom is 0.410 e. The molecule has 1 aliphatic heterocycles. The third-order valence-corrected chi connectivity index (χ3v) is 13.0. The number of carbonyl (C=O) groups is 6. The van der Waals surface area contributed by atoms with Crippen LogP contribution in [0, 0.1) is 23.7 Å². The molecule has 0 unspecified atom stereocenters. The predicted octanol–water partition coefficient (Wildman–Crippen LogP) is 7.17. The van der Waals surface area contributed by atoms with E-state index in [9.17, 15) is 28.8 Å². The highest BCUT2D eigenvalue weighted by atomic mass is 16.6. The smallest absolute Gasteiger partial charge is 0.410 e. The van der Waals surface area contributed by atoms with Gasteiger partial charge < -0.3 is 39.4 Å². The van der Waals surface area contributed by atoms with Crippen molar-refractivity contribution < 1.29 is 47.7 Å². The first-order valence-corrected chi connectivity index (χ1v) is 24.1. The maximum atomic E-state index is 14.6. The standard InChI is InChI=1S/C53H81N5O10/c1-16-35(6)46(56(11)50(62)44(33(2)3)55-49(61)45(34(4)5)57(12)52(64)68-53(8,9)10)42(65-13)32-43(59)58-30-20-23-41(58)47(66-14)36(7)48(60)54-40(31-38-21-18-17-19-22-38)29-26-37-24-27-39(28-25-37)51(63)67-15/h17-19,21-22,24-29,33-36,40-42,44-47H,16,20,23,30-32H2,1-15H3,(H,54,60)(H,55,61)/b29-26+/t35-,36+,40+,41-,42+,44-,45-,46-,47+/m0/s1. The summed E-state index contributed by atoms with van der Waals surface area (Å²) in [7, 11) is 7.65. The molecular weight excluding hydrogens is 867 g/mol. The number of methoxy groups -OCH3 is 3. The van der Waals surface area contributed by atoms with Gasteiger partial charge in [-0.1, -0.05) is 110 Å². The number of nitrogens with one attached hydrogen (secondary N) is 2. The molecule has 15 nitrogen and oxygen atoms in total. The Balaban J connectivity index is 1.82. The van der Waals surface area contributed by atoms with Gasteiger partial charge in [-0.05, 0) is 81.0 Å². The summed E-state index contributed by atoms with van der Waals surface area (Å²) in [6, 6.07) is 13.7. The van der Waals surface area contributed by atoms with Gasteiger partial charge in [0.1, 0.15) is 17.7 Å². The Bertz CT molecular complexity index is 1980. The first-order chi connectivity index (χ1) is 32.0.